The molecule has 1 aliphatic rings. The van der Waals surface area contributed by atoms with E-state index in [1.165, 1.54) is 0 Å². The molecule has 3 rings (SSSR count). The second kappa shape index (κ2) is 5.88. The van der Waals surface area contributed by atoms with Crippen LogP contribution in [0.15, 0.2) is 30.5 Å². The first kappa shape index (κ1) is 14.7. The molecule has 1 saturated carbocycles. The molecule has 0 unspecified atom stereocenters. The molecule has 0 amide bonds. The maximum atomic E-state index is 11.4. The van der Waals surface area contributed by atoms with Crippen LogP contribution in [0.1, 0.15) is 32.1 Å². The number of nitro groups is 1. The molecule has 1 fully saturated rings. The first-order chi connectivity index (χ1) is 10.6. The van der Waals surface area contributed by atoms with Gasteiger partial charge in [-0.15, -0.1) is 0 Å². The van der Waals surface area contributed by atoms with Gasteiger partial charge in [-0.25, -0.2) is 0 Å². The number of fused-ring (bicyclic) bond motifs is 1. The average Bonchev–Trinajstić information content (AvgIpc) is 2.53. The third kappa shape index (κ3) is 2.87. The second-order valence-corrected chi connectivity index (χ2v) is 5.93. The topological polar surface area (TPSA) is 88.3 Å². The number of hydrogen-bond donors (Lipinski definition) is 2. The van der Waals surface area contributed by atoms with E-state index < -0.39 is 10.5 Å². The van der Waals surface area contributed by atoms with E-state index in [1.807, 2.05) is 0 Å². The molecule has 22 heavy (non-hydrogen) atoms. The summed E-state index contributed by atoms with van der Waals surface area (Å²) < 4.78 is 0. The Bertz CT molecular complexity index is 696. The summed E-state index contributed by atoms with van der Waals surface area (Å²) in [5.41, 5.74) is 0.279. The quantitative estimate of drug-likeness (QED) is 0.668. The van der Waals surface area contributed by atoms with Crippen molar-refractivity contribution in [2.24, 2.45) is 0 Å². The summed E-state index contributed by atoms with van der Waals surface area (Å²) in [5, 5.41) is 25.6. The van der Waals surface area contributed by atoms with Crippen LogP contribution in [0.25, 0.3) is 10.9 Å². The maximum Gasteiger partial charge on any atom is 0.301 e. The van der Waals surface area contributed by atoms with Crippen LogP contribution < -0.4 is 5.32 Å². The summed E-state index contributed by atoms with van der Waals surface area (Å²) in [6.07, 6.45) is 6.24. The standard InChI is InChI=1S/C16H19N3O3/c20-16(8-2-1-3-9-16)11-18-14-7-6-13-12(5-4-10-17-13)15(14)19(21)22/h4-7,10,18,20H,1-3,8-9,11H2. The molecule has 0 spiro atoms. The fourth-order valence-corrected chi connectivity index (χ4v) is 3.12. The smallest absolute Gasteiger partial charge is 0.301 e. The van der Waals surface area contributed by atoms with Crippen molar-refractivity contribution in [2.75, 3.05) is 11.9 Å². The monoisotopic (exact) mass is 301 g/mol. The van der Waals surface area contributed by atoms with Gasteiger partial charge in [-0.05, 0) is 37.1 Å². The summed E-state index contributed by atoms with van der Waals surface area (Å²) >= 11 is 0. The Balaban J connectivity index is 1.90. The van der Waals surface area contributed by atoms with Crippen molar-refractivity contribution >= 4 is 22.3 Å². The normalized spacial score (nSPS) is 17.3. The highest BCUT2D eigenvalue weighted by atomic mass is 16.6. The largest absolute Gasteiger partial charge is 0.388 e. The van der Waals surface area contributed by atoms with Crippen molar-refractivity contribution in [3.05, 3.63) is 40.6 Å². The van der Waals surface area contributed by atoms with E-state index in [9.17, 15) is 15.2 Å². The van der Waals surface area contributed by atoms with Gasteiger partial charge in [-0.2, -0.15) is 0 Å². The lowest BCUT2D eigenvalue weighted by Crippen LogP contribution is -2.38. The molecule has 6 nitrogen and oxygen atoms in total. The average molecular weight is 301 g/mol. The van der Waals surface area contributed by atoms with Gasteiger partial charge in [-0.3, -0.25) is 15.1 Å². The number of nitrogens with one attached hydrogen (secondary N) is 1. The minimum atomic E-state index is -0.768. The Kier molecular flexibility index (Phi) is 3.94. The van der Waals surface area contributed by atoms with Gasteiger partial charge < -0.3 is 10.4 Å². The molecule has 0 bridgehead atoms. The number of aromatic nitrogens is 1. The molecular weight excluding hydrogens is 282 g/mol. The lowest BCUT2D eigenvalue weighted by atomic mass is 9.85. The molecule has 0 saturated heterocycles. The minimum Gasteiger partial charge on any atom is -0.388 e. The predicted molar refractivity (Wildman–Crippen MR) is 84.9 cm³/mol. The van der Waals surface area contributed by atoms with E-state index in [-0.39, 0.29) is 5.69 Å². The Morgan fingerprint density at radius 2 is 2.05 bits per heavy atom. The molecule has 0 radical (unpaired) electrons. The van der Waals surface area contributed by atoms with Crippen LogP contribution in [-0.2, 0) is 0 Å². The van der Waals surface area contributed by atoms with Gasteiger partial charge in [0.1, 0.15) is 5.69 Å². The number of aliphatic hydroxyl groups is 1. The van der Waals surface area contributed by atoms with Crippen LogP contribution in [0.5, 0.6) is 0 Å². The van der Waals surface area contributed by atoms with Crippen molar-refractivity contribution < 1.29 is 10.0 Å². The van der Waals surface area contributed by atoms with E-state index in [1.54, 1.807) is 30.5 Å². The molecule has 1 heterocycles. The van der Waals surface area contributed by atoms with Crippen molar-refractivity contribution in [1.82, 2.24) is 4.98 Å². The van der Waals surface area contributed by atoms with E-state index in [0.29, 0.717) is 23.1 Å². The fraction of sp³-hybridized carbons (Fsp3) is 0.438. The number of nitrogens with zero attached hydrogens (tertiary/aromatic N) is 2. The van der Waals surface area contributed by atoms with Crippen LogP contribution >= 0.6 is 0 Å². The number of benzene rings is 1. The van der Waals surface area contributed by atoms with Gasteiger partial charge in [0.25, 0.3) is 0 Å². The summed E-state index contributed by atoms with van der Waals surface area (Å²) in [5.74, 6) is 0. The Hall–Kier alpha value is -2.21. The molecule has 0 atom stereocenters. The number of nitro benzene ring substituents is 1. The first-order valence-electron chi connectivity index (χ1n) is 7.57. The molecule has 1 aliphatic carbocycles. The van der Waals surface area contributed by atoms with Gasteiger partial charge in [-0.1, -0.05) is 19.3 Å². The van der Waals surface area contributed by atoms with Crippen molar-refractivity contribution in [2.45, 2.75) is 37.7 Å². The molecule has 6 heteroatoms. The van der Waals surface area contributed by atoms with Gasteiger partial charge in [0.15, 0.2) is 0 Å². The molecule has 0 aliphatic heterocycles. The fourth-order valence-electron chi connectivity index (χ4n) is 3.12. The van der Waals surface area contributed by atoms with E-state index >= 15 is 0 Å². The Labute approximate surface area is 128 Å². The van der Waals surface area contributed by atoms with Gasteiger partial charge >= 0.3 is 5.69 Å². The number of rotatable bonds is 4. The molecule has 116 valence electrons. The lowest BCUT2D eigenvalue weighted by Gasteiger charge is -2.32. The number of anilines is 1. The zero-order valence-corrected chi connectivity index (χ0v) is 12.3. The van der Waals surface area contributed by atoms with Crippen molar-refractivity contribution in [3.63, 3.8) is 0 Å². The highest BCUT2D eigenvalue weighted by Gasteiger charge is 2.30. The van der Waals surface area contributed by atoms with Gasteiger partial charge in [0.05, 0.1) is 21.4 Å². The highest BCUT2D eigenvalue weighted by Crippen LogP contribution is 2.34. The van der Waals surface area contributed by atoms with Crippen molar-refractivity contribution in [1.29, 1.82) is 0 Å². The van der Waals surface area contributed by atoms with Gasteiger partial charge in [0, 0.05) is 12.7 Å². The van der Waals surface area contributed by atoms with E-state index in [4.69, 9.17) is 0 Å². The first-order valence-corrected chi connectivity index (χ1v) is 7.57. The van der Waals surface area contributed by atoms with Crippen LogP contribution in [0.4, 0.5) is 11.4 Å². The van der Waals surface area contributed by atoms with E-state index in [2.05, 4.69) is 10.3 Å². The SMILES string of the molecule is O=[N+]([O-])c1c(NCC2(O)CCCCC2)ccc2ncccc12. The molecule has 1 aromatic carbocycles. The van der Waals surface area contributed by atoms with Gasteiger partial charge in [0.2, 0.25) is 0 Å². The highest BCUT2D eigenvalue weighted by molar-refractivity contribution is 5.94. The second-order valence-electron chi connectivity index (χ2n) is 5.93. The maximum absolute atomic E-state index is 11.4. The number of hydrogen-bond acceptors (Lipinski definition) is 5. The minimum absolute atomic E-state index is 0.0185. The Morgan fingerprint density at radius 3 is 2.77 bits per heavy atom. The molecular formula is C16H19N3O3. The molecule has 2 aromatic rings. The summed E-state index contributed by atoms with van der Waals surface area (Å²) in [7, 11) is 0. The van der Waals surface area contributed by atoms with Crippen LogP contribution in [-0.4, -0.2) is 27.2 Å². The van der Waals surface area contributed by atoms with Crippen LogP contribution in [0.2, 0.25) is 0 Å². The van der Waals surface area contributed by atoms with E-state index in [0.717, 1.165) is 32.1 Å². The molecule has 1 aromatic heterocycles. The zero-order chi connectivity index (χ0) is 15.6. The lowest BCUT2D eigenvalue weighted by molar-refractivity contribution is -0.382. The third-order valence-corrected chi connectivity index (χ3v) is 4.33. The molecule has 2 N–H and O–H groups in total. The third-order valence-electron chi connectivity index (χ3n) is 4.33. The van der Waals surface area contributed by atoms with Crippen molar-refractivity contribution in [3.8, 4) is 0 Å². The Morgan fingerprint density at radius 1 is 1.27 bits per heavy atom. The van der Waals surface area contributed by atoms with Crippen LogP contribution in [0, 0.1) is 10.1 Å². The zero-order valence-electron chi connectivity index (χ0n) is 12.3. The summed E-state index contributed by atoms with van der Waals surface area (Å²) in [6, 6.07) is 6.81. The summed E-state index contributed by atoms with van der Waals surface area (Å²) in [6.45, 7) is 0.333. The summed E-state index contributed by atoms with van der Waals surface area (Å²) in [4.78, 5) is 15.2. The van der Waals surface area contributed by atoms with Crippen LogP contribution in [0.3, 0.4) is 0 Å². The number of pyridine rings is 1. The predicted octanol–water partition coefficient (Wildman–Crippen LogP) is 3.25.